The Bertz CT molecular complexity index is 924. The normalized spacial score (nSPS) is 18.8. The van der Waals surface area contributed by atoms with Gasteiger partial charge in [0.25, 0.3) is 0 Å². The van der Waals surface area contributed by atoms with Crippen LogP contribution >= 0.6 is 11.6 Å². The first-order chi connectivity index (χ1) is 11.8. The minimum atomic E-state index is -0.527. The summed E-state index contributed by atoms with van der Waals surface area (Å²) in [6.45, 7) is 8.12. The van der Waals surface area contributed by atoms with Gasteiger partial charge in [-0.1, -0.05) is 29.8 Å². The minimum absolute atomic E-state index is 0.393. The van der Waals surface area contributed by atoms with E-state index in [1.54, 1.807) is 0 Å². The zero-order valence-electron chi connectivity index (χ0n) is 14.7. The molecule has 25 heavy (non-hydrogen) atoms. The lowest BCUT2D eigenvalue weighted by Gasteiger charge is -2.32. The first kappa shape index (κ1) is 16.6. The van der Waals surface area contributed by atoms with Crippen LogP contribution in [0.3, 0.4) is 0 Å². The fraction of sp³-hybridized carbons (Fsp3) is 0.333. The van der Waals surface area contributed by atoms with Crippen molar-refractivity contribution in [1.82, 2.24) is 14.5 Å². The van der Waals surface area contributed by atoms with Crippen molar-refractivity contribution in [2.45, 2.75) is 38.9 Å². The molecule has 1 aliphatic heterocycles. The van der Waals surface area contributed by atoms with E-state index < -0.39 is 18.3 Å². The summed E-state index contributed by atoms with van der Waals surface area (Å²) in [5.41, 5.74) is 1.70. The molecule has 1 aromatic carbocycles. The number of rotatable bonds is 2. The predicted molar refractivity (Wildman–Crippen MR) is 99.6 cm³/mol. The molecule has 4 rings (SSSR count). The topological polar surface area (TPSA) is 49.2 Å². The van der Waals surface area contributed by atoms with Crippen molar-refractivity contribution < 1.29 is 9.31 Å². The maximum Gasteiger partial charge on any atom is 0.497 e. The highest BCUT2D eigenvalue weighted by Crippen LogP contribution is 2.37. The molecule has 0 spiro atoms. The van der Waals surface area contributed by atoms with Crippen LogP contribution in [0.15, 0.2) is 42.9 Å². The summed E-state index contributed by atoms with van der Waals surface area (Å²) in [7, 11) is -0.527. The minimum Gasteiger partial charge on any atom is -0.399 e. The van der Waals surface area contributed by atoms with E-state index in [0.717, 1.165) is 22.2 Å². The maximum absolute atomic E-state index is 6.41. The van der Waals surface area contributed by atoms with Crippen LogP contribution in [-0.4, -0.2) is 32.9 Å². The first-order valence-electron chi connectivity index (χ1n) is 8.23. The Kier molecular flexibility index (Phi) is 3.69. The first-order valence-corrected chi connectivity index (χ1v) is 8.60. The van der Waals surface area contributed by atoms with E-state index >= 15 is 0 Å². The van der Waals surface area contributed by atoms with Gasteiger partial charge in [0.05, 0.1) is 16.6 Å². The third kappa shape index (κ3) is 2.56. The van der Waals surface area contributed by atoms with Gasteiger partial charge in [0, 0.05) is 17.3 Å². The van der Waals surface area contributed by atoms with Crippen molar-refractivity contribution in [3.63, 3.8) is 0 Å². The highest BCUT2D eigenvalue weighted by atomic mass is 35.5. The molecule has 128 valence electrons. The SMILES string of the molecule is CC1(C)OB(c2cn(-c3ccccc3)c3ncnc(Cl)c23)OC1(C)C. The van der Waals surface area contributed by atoms with Crippen LogP contribution in [0.4, 0.5) is 0 Å². The van der Waals surface area contributed by atoms with Crippen LogP contribution in [0.5, 0.6) is 0 Å². The number of nitrogens with zero attached hydrogens (tertiary/aromatic N) is 3. The molecule has 0 radical (unpaired) electrons. The standard InChI is InChI=1S/C18H19BClN3O2/c1-17(2)18(3,4)25-19(24-17)13-10-23(12-8-6-5-7-9-12)16-14(13)15(20)21-11-22-16/h5-11H,1-4H3. The zero-order valence-corrected chi connectivity index (χ0v) is 15.4. The Morgan fingerprint density at radius 3 is 2.28 bits per heavy atom. The molecule has 3 heterocycles. The lowest BCUT2D eigenvalue weighted by atomic mass is 9.79. The highest BCUT2D eigenvalue weighted by molar-refractivity contribution is 6.66. The fourth-order valence-corrected chi connectivity index (χ4v) is 3.22. The van der Waals surface area contributed by atoms with E-state index in [1.165, 1.54) is 6.33 Å². The molecule has 5 nitrogen and oxygen atoms in total. The molecule has 0 aliphatic carbocycles. The largest absolute Gasteiger partial charge is 0.497 e. The monoisotopic (exact) mass is 355 g/mol. The number of hydrogen-bond acceptors (Lipinski definition) is 4. The summed E-state index contributed by atoms with van der Waals surface area (Å²) in [5, 5.41) is 1.15. The van der Waals surface area contributed by atoms with Gasteiger partial charge in [-0.2, -0.15) is 0 Å². The average molecular weight is 356 g/mol. The molecular weight excluding hydrogens is 336 g/mol. The summed E-state index contributed by atoms with van der Waals surface area (Å²) in [6.07, 6.45) is 3.45. The molecule has 0 amide bonds. The van der Waals surface area contributed by atoms with E-state index in [2.05, 4.69) is 9.97 Å². The maximum atomic E-state index is 6.41. The second-order valence-corrected chi connectivity index (χ2v) is 7.60. The molecule has 1 fully saturated rings. The summed E-state index contributed by atoms with van der Waals surface area (Å²) in [6, 6.07) is 9.98. The molecule has 0 N–H and O–H groups in total. The molecule has 0 unspecified atom stereocenters. The molecule has 0 atom stereocenters. The summed E-state index contributed by atoms with van der Waals surface area (Å²) < 4.78 is 14.4. The second-order valence-electron chi connectivity index (χ2n) is 7.24. The third-order valence-electron chi connectivity index (χ3n) is 5.11. The van der Waals surface area contributed by atoms with Gasteiger partial charge in [-0.3, -0.25) is 0 Å². The van der Waals surface area contributed by atoms with E-state index in [9.17, 15) is 0 Å². The molecule has 1 saturated heterocycles. The smallest absolute Gasteiger partial charge is 0.399 e. The number of halogens is 1. The Labute approximate surface area is 152 Å². The van der Waals surface area contributed by atoms with Crippen molar-refractivity contribution in [1.29, 1.82) is 0 Å². The molecule has 0 saturated carbocycles. The van der Waals surface area contributed by atoms with Crippen LogP contribution in [0.25, 0.3) is 16.7 Å². The lowest BCUT2D eigenvalue weighted by Crippen LogP contribution is -2.41. The van der Waals surface area contributed by atoms with Gasteiger partial charge in [0.15, 0.2) is 0 Å². The predicted octanol–water partition coefficient (Wildman–Crippen LogP) is 3.37. The molecule has 7 heteroatoms. The summed E-state index contributed by atoms with van der Waals surface area (Å²) in [5.74, 6) is 0. The Morgan fingerprint density at radius 1 is 1.00 bits per heavy atom. The van der Waals surface area contributed by atoms with E-state index in [4.69, 9.17) is 20.9 Å². The van der Waals surface area contributed by atoms with Gasteiger partial charge in [-0.05, 0) is 39.8 Å². The van der Waals surface area contributed by atoms with Crippen molar-refractivity contribution in [2.75, 3.05) is 0 Å². The quantitative estimate of drug-likeness (QED) is 0.522. The third-order valence-corrected chi connectivity index (χ3v) is 5.39. The zero-order chi connectivity index (χ0) is 17.8. The van der Waals surface area contributed by atoms with Gasteiger partial charge in [0.2, 0.25) is 0 Å². The van der Waals surface area contributed by atoms with Crippen molar-refractivity contribution in [3.8, 4) is 5.69 Å². The number of fused-ring (bicyclic) bond motifs is 1. The van der Waals surface area contributed by atoms with Crippen LogP contribution in [0, 0.1) is 0 Å². The van der Waals surface area contributed by atoms with Gasteiger partial charge >= 0.3 is 7.12 Å². The van der Waals surface area contributed by atoms with E-state index in [-0.39, 0.29) is 0 Å². The number of hydrogen-bond donors (Lipinski definition) is 0. The van der Waals surface area contributed by atoms with E-state index in [1.807, 2.05) is 68.8 Å². The van der Waals surface area contributed by atoms with Crippen molar-refractivity contribution >= 4 is 35.2 Å². The van der Waals surface area contributed by atoms with Crippen LogP contribution in [-0.2, 0) is 9.31 Å². The summed E-state index contributed by atoms with van der Waals surface area (Å²) in [4.78, 5) is 8.59. The lowest BCUT2D eigenvalue weighted by molar-refractivity contribution is 0.00578. The average Bonchev–Trinajstić information content (AvgIpc) is 3.04. The second kappa shape index (κ2) is 5.56. The molecule has 1 aliphatic rings. The Balaban J connectivity index is 1.91. The van der Waals surface area contributed by atoms with Crippen LogP contribution in [0.2, 0.25) is 5.15 Å². The van der Waals surface area contributed by atoms with Crippen molar-refractivity contribution in [2.24, 2.45) is 0 Å². The number of aromatic nitrogens is 3. The number of para-hydroxylation sites is 1. The molecule has 2 aromatic heterocycles. The molecular formula is C18H19BClN3O2. The van der Waals surface area contributed by atoms with E-state index in [0.29, 0.717) is 5.15 Å². The Hall–Kier alpha value is -1.89. The summed E-state index contributed by atoms with van der Waals surface area (Å²) >= 11 is 6.41. The molecule has 3 aromatic rings. The van der Waals surface area contributed by atoms with Crippen LogP contribution in [0.1, 0.15) is 27.7 Å². The van der Waals surface area contributed by atoms with Gasteiger partial charge in [-0.15, -0.1) is 0 Å². The van der Waals surface area contributed by atoms with Gasteiger partial charge in [0.1, 0.15) is 17.1 Å². The molecule has 0 bridgehead atoms. The van der Waals surface area contributed by atoms with Crippen LogP contribution < -0.4 is 5.46 Å². The fourth-order valence-electron chi connectivity index (χ4n) is 2.99. The van der Waals surface area contributed by atoms with Gasteiger partial charge < -0.3 is 13.9 Å². The van der Waals surface area contributed by atoms with Gasteiger partial charge in [-0.25, -0.2) is 9.97 Å². The van der Waals surface area contributed by atoms with Crippen molar-refractivity contribution in [3.05, 3.63) is 48.0 Å². The number of benzene rings is 1. The highest BCUT2D eigenvalue weighted by Gasteiger charge is 2.52. The Morgan fingerprint density at radius 2 is 1.64 bits per heavy atom.